The Labute approximate surface area is 265 Å². The molecule has 0 fully saturated rings. The molecule has 10 nitrogen and oxygen atoms in total. The Morgan fingerprint density at radius 2 is 1.77 bits per heavy atom. The molecule has 1 aromatic heterocycles. The van der Waals surface area contributed by atoms with Crippen molar-refractivity contribution in [1.29, 1.82) is 0 Å². The number of nitrogens with zero attached hydrogens (tertiary/aromatic N) is 3. The first-order chi connectivity index (χ1) is 21.3. The Morgan fingerprint density at radius 3 is 2.45 bits per heavy atom. The number of hydrogen-bond acceptors (Lipinski definition) is 9. The molecular weight excluding hydrogens is 646 g/mol. The number of halogens is 1. The van der Waals surface area contributed by atoms with Crippen LogP contribution in [0.5, 0.6) is 11.5 Å². The third-order valence-electron chi connectivity index (χ3n) is 6.44. The summed E-state index contributed by atoms with van der Waals surface area (Å²) < 4.78 is 12.0. The minimum atomic E-state index is -0.450. The van der Waals surface area contributed by atoms with Gasteiger partial charge in [0, 0.05) is 44.4 Å². The SMILES string of the molecule is COc1cc(/C=N\NC(=O)c2ccc(-c3csc(Nc4ccc(C)cc4)n3)cc2)c(Br)cc1OCc1ccc([N+](=O)[O-])cc1. The fourth-order valence-electron chi connectivity index (χ4n) is 4.04. The summed E-state index contributed by atoms with van der Waals surface area (Å²) in [6, 6.07) is 24.8. The van der Waals surface area contributed by atoms with Gasteiger partial charge in [0.1, 0.15) is 6.61 Å². The number of methoxy groups -OCH3 is 1. The van der Waals surface area contributed by atoms with Gasteiger partial charge < -0.3 is 14.8 Å². The first-order valence-electron chi connectivity index (χ1n) is 13.3. The molecule has 1 amide bonds. The fourth-order valence-corrected chi connectivity index (χ4v) is 5.20. The van der Waals surface area contributed by atoms with E-state index in [2.05, 4.69) is 36.8 Å². The molecule has 0 unspecified atom stereocenters. The molecule has 0 spiro atoms. The summed E-state index contributed by atoms with van der Waals surface area (Å²) in [4.78, 5) is 27.8. The predicted molar refractivity (Wildman–Crippen MR) is 175 cm³/mol. The van der Waals surface area contributed by atoms with E-state index in [0.29, 0.717) is 27.1 Å². The zero-order valence-corrected chi connectivity index (χ0v) is 26.0. The molecule has 0 aliphatic heterocycles. The third kappa shape index (κ3) is 7.65. The van der Waals surface area contributed by atoms with E-state index in [1.807, 2.05) is 48.7 Å². The Morgan fingerprint density at radius 1 is 1.05 bits per heavy atom. The van der Waals surface area contributed by atoms with Crippen LogP contribution in [0.25, 0.3) is 11.3 Å². The molecule has 12 heteroatoms. The van der Waals surface area contributed by atoms with E-state index in [-0.39, 0.29) is 18.2 Å². The minimum absolute atomic E-state index is 0.0125. The Hall–Kier alpha value is -5.07. The number of anilines is 2. The van der Waals surface area contributed by atoms with E-state index in [4.69, 9.17) is 9.47 Å². The second-order valence-corrected chi connectivity index (χ2v) is 11.3. The molecule has 5 rings (SSSR count). The monoisotopic (exact) mass is 671 g/mol. The molecule has 5 aromatic rings. The van der Waals surface area contributed by atoms with Crippen LogP contribution in [0.4, 0.5) is 16.5 Å². The number of non-ortho nitro benzene ring substituents is 1. The Kier molecular flexibility index (Phi) is 9.62. The summed E-state index contributed by atoms with van der Waals surface area (Å²) in [6.45, 7) is 2.24. The maximum Gasteiger partial charge on any atom is 0.271 e. The quantitative estimate of drug-likeness (QED) is 0.0830. The number of rotatable bonds is 11. The largest absolute Gasteiger partial charge is 0.493 e. The second-order valence-electron chi connectivity index (χ2n) is 9.54. The standard InChI is InChI=1S/C32H26BrN5O5S/c1-20-3-11-25(12-4-20)35-32-36-28(19-44-32)22-7-9-23(10-8-22)31(39)37-34-17-24-15-29(42-2)30(16-27(24)33)43-18-21-5-13-26(14-6-21)38(40)41/h3-17,19H,18H2,1-2H3,(H,35,36)(H,37,39)/b34-17-. The van der Waals surface area contributed by atoms with Gasteiger partial charge in [0.2, 0.25) is 0 Å². The number of amides is 1. The van der Waals surface area contributed by atoms with Crippen molar-refractivity contribution in [2.45, 2.75) is 13.5 Å². The van der Waals surface area contributed by atoms with Gasteiger partial charge in [0.15, 0.2) is 16.6 Å². The van der Waals surface area contributed by atoms with Crippen LogP contribution >= 0.6 is 27.3 Å². The van der Waals surface area contributed by atoms with Gasteiger partial charge >= 0.3 is 0 Å². The molecule has 0 aliphatic carbocycles. The number of benzene rings is 4. The molecule has 1 heterocycles. The van der Waals surface area contributed by atoms with Crippen LogP contribution in [0.1, 0.15) is 27.0 Å². The van der Waals surface area contributed by atoms with Crippen LogP contribution in [0, 0.1) is 17.0 Å². The second kappa shape index (κ2) is 13.9. The number of nitro benzene ring substituents is 1. The summed E-state index contributed by atoms with van der Waals surface area (Å²) in [5.41, 5.74) is 8.30. The number of hydrazone groups is 1. The molecule has 2 N–H and O–H groups in total. The molecule has 0 aliphatic rings. The van der Waals surface area contributed by atoms with Crippen molar-refractivity contribution in [2.24, 2.45) is 5.10 Å². The smallest absolute Gasteiger partial charge is 0.271 e. The number of nitrogens with one attached hydrogen (secondary N) is 2. The normalized spacial score (nSPS) is 10.9. The molecule has 0 saturated heterocycles. The zero-order valence-electron chi connectivity index (χ0n) is 23.6. The summed E-state index contributed by atoms with van der Waals surface area (Å²) >= 11 is 5.01. The van der Waals surface area contributed by atoms with E-state index >= 15 is 0 Å². The summed E-state index contributed by atoms with van der Waals surface area (Å²) in [7, 11) is 1.52. The zero-order chi connectivity index (χ0) is 31.1. The molecule has 44 heavy (non-hydrogen) atoms. The maximum atomic E-state index is 12.7. The topological polar surface area (TPSA) is 128 Å². The van der Waals surface area contributed by atoms with Crippen molar-refractivity contribution in [3.05, 3.63) is 127 Å². The lowest BCUT2D eigenvalue weighted by Gasteiger charge is -2.12. The van der Waals surface area contributed by atoms with Crippen molar-refractivity contribution >= 4 is 55.9 Å². The van der Waals surface area contributed by atoms with E-state index in [0.717, 1.165) is 27.6 Å². The highest BCUT2D eigenvalue weighted by Crippen LogP contribution is 2.34. The van der Waals surface area contributed by atoms with E-state index in [1.54, 1.807) is 36.4 Å². The number of aromatic nitrogens is 1. The van der Waals surface area contributed by atoms with Gasteiger partial charge in [-0.25, -0.2) is 10.4 Å². The average Bonchev–Trinajstić information content (AvgIpc) is 3.50. The van der Waals surface area contributed by atoms with Gasteiger partial charge in [-0.05, 0) is 76.9 Å². The van der Waals surface area contributed by atoms with Crippen molar-refractivity contribution in [3.8, 4) is 22.8 Å². The Balaban J connectivity index is 1.18. The highest BCUT2D eigenvalue weighted by molar-refractivity contribution is 9.10. The lowest BCUT2D eigenvalue weighted by atomic mass is 10.1. The highest BCUT2D eigenvalue weighted by atomic mass is 79.9. The van der Waals surface area contributed by atoms with Crippen LogP contribution in [-0.2, 0) is 6.61 Å². The van der Waals surface area contributed by atoms with Crippen LogP contribution in [0.15, 0.2) is 99.9 Å². The lowest BCUT2D eigenvalue weighted by Crippen LogP contribution is -2.17. The third-order valence-corrected chi connectivity index (χ3v) is 7.89. The number of carbonyl (C=O) groups is 1. The highest BCUT2D eigenvalue weighted by Gasteiger charge is 2.12. The van der Waals surface area contributed by atoms with Crippen LogP contribution in [0.3, 0.4) is 0 Å². The van der Waals surface area contributed by atoms with Crippen LogP contribution < -0.4 is 20.2 Å². The maximum absolute atomic E-state index is 12.7. The average molecular weight is 673 g/mol. The van der Waals surface area contributed by atoms with Gasteiger partial charge in [-0.3, -0.25) is 14.9 Å². The van der Waals surface area contributed by atoms with Crippen molar-refractivity contribution in [2.75, 3.05) is 12.4 Å². The lowest BCUT2D eigenvalue weighted by molar-refractivity contribution is -0.384. The number of carbonyl (C=O) groups excluding carboxylic acids is 1. The molecular formula is C32H26BrN5O5S. The van der Waals surface area contributed by atoms with E-state index in [9.17, 15) is 14.9 Å². The van der Waals surface area contributed by atoms with E-state index in [1.165, 1.54) is 42.4 Å². The Bertz CT molecular complexity index is 1810. The van der Waals surface area contributed by atoms with Crippen LogP contribution in [0.2, 0.25) is 0 Å². The first kappa shape index (κ1) is 30.4. The van der Waals surface area contributed by atoms with Gasteiger partial charge in [-0.2, -0.15) is 5.10 Å². The van der Waals surface area contributed by atoms with Gasteiger partial charge in [-0.15, -0.1) is 11.3 Å². The van der Waals surface area contributed by atoms with Crippen molar-refractivity contribution in [1.82, 2.24) is 10.4 Å². The number of aryl methyl sites for hydroxylation is 1. The first-order valence-corrected chi connectivity index (χ1v) is 14.9. The summed E-state index contributed by atoms with van der Waals surface area (Å²) in [5.74, 6) is 0.564. The van der Waals surface area contributed by atoms with Gasteiger partial charge in [-0.1, -0.05) is 29.8 Å². The number of ether oxygens (including phenoxy) is 2. The number of hydrogen-bond donors (Lipinski definition) is 2. The van der Waals surface area contributed by atoms with E-state index < -0.39 is 4.92 Å². The van der Waals surface area contributed by atoms with Gasteiger partial charge in [0.05, 0.1) is 23.9 Å². The molecule has 0 bridgehead atoms. The molecule has 0 atom stereocenters. The number of nitro groups is 1. The van der Waals surface area contributed by atoms with Crippen LogP contribution in [-0.4, -0.2) is 29.1 Å². The molecule has 0 radical (unpaired) electrons. The van der Waals surface area contributed by atoms with Gasteiger partial charge in [0.25, 0.3) is 11.6 Å². The summed E-state index contributed by atoms with van der Waals surface area (Å²) in [5, 5.41) is 21.0. The molecule has 222 valence electrons. The molecule has 4 aromatic carbocycles. The molecule has 0 saturated carbocycles. The number of thiazole rings is 1. The van der Waals surface area contributed by atoms with Crippen molar-refractivity contribution < 1.29 is 19.2 Å². The fraction of sp³-hybridized carbons (Fsp3) is 0.0938. The predicted octanol–water partition coefficient (Wildman–Crippen LogP) is 7.88. The van der Waals surface area contributed by atoms with Crippen molar-refractivity contribution in [3.63, 3.8) is 0 Å². The minimum Gasteiger partial charge on any atom is -0.493 e. The summed E-state index contributed by atoms with van der Waals surface area (Å²) in [6.07, 6.45) is 1.50.